The lowest BCUT2D eigenvalue weighted by Crippen LogP contribution is -2.55. The van der Waals surface area contributed by atoms with Gasteiger partial charge in [0.2, 0.25) is 5.69 Å². The summed E-state index contributed by atoms with van der Waals surface area (Å²) in [5, 5.41) is 0. The average molecular weight is 218 g/mol. The molecule has 0 fully saturated rings. The Hall–Kier alpha value is -1.58. The highest BCUT2D eigenvalue weighted by atomic mass is 15.5. The topological polar surface area (TPSA) is 17.6 Å². The zero-order valence-electron chi connectivity index (χ0n) is 9.93. The minimum atomic E-state index is 1.04. The van der Waals surface area contributed by atoms with Crippen LogP contribution in [0.25, 0.3) is 0 Å². The number of aryl methyl sites for hydroxylation is 4. The molecule has 1 aliphatic heterocycles. The van der Waals surface area contributed by atoms with Crippen LogP contribution in [0.3, 0.4) is 0 Å². The molecule has 0 atom stereocenters. The van der Waals surface area contributed by atoms with Gasteiger partial charge in [0.15, 0.2) is 19.3 Å². The van der Waals surface area contributed by atoms with Gasteiger partial charge in [-0.3, -0.25) is 0 Å². The van der Waals surface area contributed by atoms with E-state index in [4.69, 9.17) is 0 Å². The van der Waals surface area contributed by atoms with Crippen LogP contribution in [0.5, 0.6) is 0 Å². The Kier molecular flexibility index (Phi) is 2.09. The van der Waals surface area contributed by atoms with Gasteiger partial charge in [-0.1, -0.05) is 0 Å². The molecule has 0 radical (unpaired) electrons. The maximum atomic E-state index is 2.39. The summed E-state index contributed by atoms with van der Waals surface area (Å²) in [4.78, 5) is 0. The molecule has 4 heteroatoms. The number of hydrogen-bond donors (Lipinski definition) is 0. The lowest BCUT2D eigenvalue weighted by atomic mass is 10.4. The highest BCUT2D eigenvalue weighted by Gasteiger charge is 2.23. The third kappa shape index (κ3) is 1.37. The summed E-state index contributed by atoms with van der Waals surface area (Å²) < 4.78 is 9.36. The molecule has 0 amide bonds. The van der Waals surface area contributed by atoms with E-state index in [2.05, 4.69) is 57.1 Å². The lowest BCUT2D eigenvalue weighted by Gasteiger charge is -2.09. The Morgan fingerprint density at radius 3 is 2.94 bits per heavy atom. The molecule has 1 aliphatic rings. The number of rotatable bonds is 0. The van der Waals surface area contributed by atoms with Crippen molar-refractivity contribution in [3.05, 3.63) is 35.9 Å². The summed E-state index contributed by atoms with van der Waals surface area (Å²) in [6.45, 7) is 8.57. The summed E-state index contributed by atoms with van der Waals surface area (Å²) in [7, 11) is 0. The Balaban J connectivity index is 2.01. The molecular weight excluding hydrogens is 200 g/mol. The van der Waals surface area contributed by atoms with E-state index in [1.807, 2.05) is 0 Å². The Morgan fingerprint density at radius 1 is 1.19 bits per heavy atom. The molecule has 0 saturated carbocycles. The van der Waals surface area contributed by atoms with Crippen molar-refractivity contribution in [3.63, 3.8) is 0 Å². The molecule has 0 bridgehead atoms. The molecule has 84 valence electrons. The SMILES string of the molecule is Cc1cc(C)[n+]2n1CC[n+]1cccn1CC2. The molecule has 3 rings (SSSR count). The molecule has 0 aliphatic carbocycles. The number of fused-ring (bicyclic) bond motifs is 2. The highest BCUT2D eigenvalue weighted by Crippen LogP contribution is 2.02. The third-order valence-electron chi connectivity index (χ3n) is 3.45. The first-order valence-corrected chi connectivity index (χ1v) is 5.87. The van der Waals surface area contributed by atoms with Gasteiger partial charge in [-0.2, -0.15) is 9.36 Å². The van der Waals surface area contributed by atoms with Crippen LogP contribution >= 0.6 is 0 Å². The van der Waals surface area contributed by atoms with Crippen molar-refractivity contribution in [1.29, 1.82) is 0 Å². The van der Waals surface area contributed by atoms with Crippen molar-refractivity contribution >= 4 is 0 Å². The molecule has 0 spiro atoms. The van der Waals surface area contributed by atoms with E-state index in [1.165, 1.54) is 11.4 Å². The Bertz CT molecular complexity index is 478. The maximum absolute atomic E-state index is 2.39. The Labute approximate surface area is 95.3 Å². The number of hydrogen-bond acceptors (Lipinski definition) is 0. The fraction of sp³-hybridized carbons (Fsp3) is 0.500. The van der Waals surface area contributed by atoms with Crippen LogP contribution in [0.1, 0.15) is 11.4 Å². The van der Waals surface area contributed by atoms with Crippen LogP contribution in [0.2, 0.25) is 0 Å². The van der Waals surface area contributed by atoms with Gasteiger partial charge in [0.05, 0.1) is 11.9 Å². The first-order valence-electron chi connectivity index (χ1n) is 5.87. The van der Waals surface area contributed by atoms with E-state index in [1.54, 1.807) is 0 Å². The normalized spacial score (nSPS) is 15.1. The average Bonchev–Trinajstić information content (AvgIpc) is 2.73. The predicted octanol–water partition coefficient (Wildman–Crippen LogP) is 0.195. The van der Waals surface area contributed by atoms with Gasteiger partial charge in [-0.15, -0.1) is 9.36 Å². The van der Waals surface area contributed by atoms with E-state index < -0.39 is 0 Å². The van der Waals surface area contributed by atoms with Gasteiger partial charge in [0.25, 0.3) is 0 Å². The molecule has 4 nitrogen and oxygen atoms in total. The maximum Gasteiger partial charge on any atom is 0.205 e. The molecule has 0 N–H and O–H groups in total. The summed E-state index contributed by atoms with van der Waals surface area (Å²) in [6.07, 6.45) is 4.31. The molecular formula is C12H18N4+2. The minimum Gasteiger partial charge on any atom is -0.154 e. The molecule has 16 heavy (non-hydrogen) atoms. The van der Waals surface area contributed by atoms with E-state index in [-0.39, 0.29) is 0 Å². The first kappa shape index (κ1) is 9.63. The number of aromatic nitrogens is 4. The van der Waals surface area contributed by atoms with Gasteiger partial charge in [0.1, 0.15) is 13.1 Å². The van der Waals surface area contributed by atoms with E-state index in [0.29, 0.717) is 0 Å². The zero-order chi connectivity index (χ0) is 11.1. The summed E-state index contributed by atoms with van der Waals surface area (Å²) in [5.74, 6) is 0. The van der Waals surface area contributed by atoms with Crippen molar-refractivity contribution in [1.82, 2.24) is 9.36 Å². The van der Waals surface area contributed by atoms with Crippen LogP contribution < -0.4 is 9.36 Å². The molecule has 0 unspecified atom stereocenters. The zero-order valence-corrected chi connectivity index (χ0v) is 9.93. The lowest BCUT2D eigenvalue weighted by molar-refractivity contribution is -0.827. The van der Waals surface area contributed by atoms with Crippen LogP contribution in [0.15, 0.2) is 24.5 Å². The fourth-order valence-corrected chi connectivity index (χ4v) is 2.64. The third-order valence-corrected chi connectivity index (χ3v) is 3.45. The quantitative estimate of drug-likeness (QED) is 0.562. The van der Waals surface area contributed by atoms with Crippen LogP contribution in [-0.2, 0) is 26.2 Å². The minimum absolute atomic E-state index is 1.04. The van der Waals surface area contributed by atoms with Crippen molar-refractivity contribution < 1.29 is 9.36 Å². The summed E-state index contributed by atoms with van der Waals surface area (Å²) >= 11 is 0. The van der Waals surface area contributed by atoms with Crippen LogP contribution in [0.4, 0.5) is 0 Å². The van der Waals surface area contributed by atoms with Gasteiger partial charge >= 0.3 is 0 Å². The smallest absolute Gasteiger partial charge is 0.154 e. The van der Waals surface area contributed by atoms with Crippen LogP contribution in [-0.4, -0.2) is 9.36 Å². The van der Waals surface area contributed by atoms with E-state index in [9.17, 15) is 0 Å². The highest BCUT2D eigenvalue weighted by molar-refractivity contribution is 5.01. The second-order valence-electron chi connectivity index (χ2n) is 4.49. The van der Waals surface area contributed by atoms with Crippen molar-refractivity contribution in [3.8, 4) is 0 Å². The monoisotopic (exact) mass is 218 g/mol. The van der Waals surface area contributed by atoms with Crippen molar-refractivity contribution in [2.24, 2.45) is 0 Å². The first-order chi connectivity index (χ1) is 7.75. The molecule has 0 aromatic carbocycles. The largest absolute Gasteiger partial charge is 0.205 e. The van der Waals surface area contributed by atoms with Gasteiger partial charge in [-0.05, 0) is 6.92 Å². The van der Waals surface area contributed by atoms with Gasteiger partial charge < -0.3 is 0 Å². The second kappa shape index (κ2) is 3.47. The molecule has 3 heterocycles. The molecule has 0 saturated heterocycles. The van der Waals surface area contributed by atoms with Gasteiger partial charge in [-0.25, -0.2) is 0 Å². The van der Waals surface area contributed by atoms with Crippen molar-refractivity contribution in [2.45, 2.75) is 40.0 Å². The molecule has 2 aromatic rings. The summed E-state index contributed by atoms with van der Waals surface area (Å²) in [6, 6.07) is 4.39. The Morgan fingerprint density at radius 2 is 2.06 bits per heavy atom. The van der Waals surface area contributed by atoms with Crippen LogP contribution in [0, 0.1) is 13.8 Å². The predicted molar refractivity (Wildman–Crippen MR) is 58.7 cm³/mol. The van der Waals surface area contributed by atoms with Crippen molar-refractivity contribution in [2.75, 3.05) is 0 Å². The van der Waals surface area contributed by atoms with E-state index >= 15 is 0 Å². The van der Waals surface area contributed by atoms with E-state index in [0.717, 1.165) is 26.2 Å². The fourth-order valence-electron chi connectivity index (χ4n) is 2.64. The second-order valence-corrected chi connectivity index (χ2v) is 4.49. The van der Waals surface area contributed by atoms with Gasteiger partial charge in [0, 0.05) is 19.1 Å². The molecule has 2 aromatic heterocycles. The number of nitrogens with zero attached hydrogens (tertiary/aromatic N) is 4. The summed E-state index contributed by atoms with van der Waals surface area (Å²) in [5.41, 5.74) is 2.72. The standard InChI is InChI=1S/C12H18N4/c1-11-10-12(2)16-9-7-14-5-3-4-13(14)6-8-15(11)16/h3-5,10H,6-9H2,1-2H3/q+2.